The van der Waals surface area contributed by atoms with E-state index in [-0.39, 0.29) is 24.4 Å². The Kier molecular flexibility index (Phi) is 3.33. The van der Waals surface area contributed by atoms with Crippen molar-refractivity contribution in [2.45, 2.75) is 31.3 Å². The molecule has 0 bridgehead atoms. The largest absolute Gasteiger partial charge is 0.777 e. The minimum Gasteiger partial charge on any atom is -0.777 e. The zero-order valence-electron chi connectivity index (χ0n) is 10.8. The van der Waals surface area contributed by atoms with E-state index in [2.05, 4.69) is 15.0 Å². The highest BCUT2D eigenvalue weighted by molar-refractivity contribution is 7.50. The van der Waals surface area contributed by atoms with E-state index in [4.69, 9.17) is 15.4 Å². The number of imidazole rings is 1. The van der Waals surface area contributed by atoms with Gasteiger partial charge in [-0.05, 0) is 12.8 Å². The van der Waals surface area contributed by atoms with Gasteiger partial charge in [0.25, 0.3) is 5.56 Å². The van der Waals surface area contributed by atoms with Gasteiger partial charge in [-0.15, -0.1) is 0 Å². The molecular weight excluding hydrogens is 301 g/mol. The average Bonchev–Trinajstić information content (AvgIpc) is 2.97. The van der Waals surface area contributed by atoms with Gasteiger partial charge in [-0.3, -0.25) is 9.78 Å². The lowest BCUT2D eigenvalue weighted by Gasteiger charge is -2.23. The zero-order valence-corrected chi connectivity index (χ0v) is 11.7. The molecular formula is C10H13N5O5P-. The molecule has 0 saturated carbocycles. The second-order valence-corrected chi connectivity index (χ2v) is 6.58. The molecule has 3 heterocycles. The second-order valence-electron chi connectivity index (χ2n) is 4.87. The van der Waals surface area contributed by atoms with Crippen LogP contribution in [0.2, 0.25) is 0 Å². The number of fused-ring (bicyclic) bond motifs is 1. The Bertz CT molecular complexity index is 780. The number of aromatic nitrogens is 4. The average molecular weight is 314 g/mol. The van der Waals surface area contributed by atoms with E-state index in [9.17, 15) is 14.3 Å². The molecule has 2 aromatic rings. The summed E-state index contributed by atoms with van der Waals surface area (Å²) in [4.78, 5) is 42.0. The summed E-state index contributed by atoms with van der Waals surface area (Å²) in [6, 6.07) is 0. The minimum absolute atomic E-state index is 0.0288. The van der Waals surface area contributed by atoms with Crippen molar-refractivity contribution in [3.8, 4) is 0 Å². The number of ether oxygens (including phenoxy) is 1. The van der Waals surface area contributed by atoms with Crippen molar-refractivity contribution in [3.05, 3.63) is 16.7 Å². The lowest BCUT2D eigenvalue weighted by atomic mass is 10.2. The molecule has 2 aromatic heterocycles. The van der Waals surface area contributed by atoms with Gasteiger partial charge in [0.1, 0.15) is 5.85 Å². The maximum atomic E-state index is 11.6. The monoisotopic (exact) mass is 314 g/mol. The molecule has 21 heavy (non-hydrogen) atoms. The molecule has 1 saturated heterocycles. The van der Waals surface area contributed by atoms with Gasteiger partial charge in [-0.25, -0.2) is 4.98 Å². The fourth-order valence-electron chi connectivity index (χ4n) is 2.38. The third-order valence-electron chi connectivity index (χ3n) is 3.34. The molecule has 1 fully saturated rings. The van der Waals surface area contributed by atoms with E-state index in [1.807, 2.05) is 0 Å². The maximum Gasteiger partial charge on any atom is 0.280 e. The summed E-state index contributed by atoms with van der Waals surface area (Å²) < 4.78 is 17.9. The highest BCUT2D eigenvalue weighted by Gasteiger charge is 2.32. The van der Waals surface area contributed by atoms with Crippen molar-refractivity contribution in [3.63, 3.8) is 0 Å². The van der Waals surface area contributed by atoms with Crippen molar-refractivity contribution in [2.75, 3.05) is 5.73 Å². The summed E-state index contributed by atoms with van der Waals surface area (Å²) >= 11 is 0. The first-order valence-electron chi connectivity index (χ1n) is 6.24. The Hall–Kier alpha value is -1.74. The smallest absolute Gasteiger partial charge is 0.280 e. The van der Waals surface area contributed by atoms with E-state index < -0.39 is 25.1 Å². The highest BCUT2D eigenvalue weighted by atomic mass is 31.2. The third-order valence-corrected chi connectivity index (χ3v) is 4.45. The Morgan fingerprint density at radius 2 is 2.38 bits per heavy atom. The number of H-pyrrole nitrogens is 1. The van der Waals surface area contributed by atoms with Crippen LogP contribution in [-0.4, -0.2) is 36.4 Å². The fourth-order valence-corrected chi connectivity index (χ4v) is 3.19. The molecule has 4 N–H and O–H groups in total. The van der Waals surface area contributed by atoms with Crippen molar-refractivity contribution < 1.29 is 19.1 Å². The summed E-state index contributed by atoms with van der Waals surface area (Å²) in [6.07, 6.45) is 1.70. The molecule has 0 aliphatic carbocycles. The number of hydrogen-bond acceptors (Lipinski definition) is 7. The number of nitrogens with zero attached hydrogens (tertiary/aromatic N) is 3. The first-order chi connectivity index (χ1) is 9.84. The maximum absolute atomic E-state index is 11.6. The number of hydrogen-bond donors (Lipinski definition) is 3. The van der Waals surface area contributed by atoms with E-state index in [0.717, 1.165) is 0 Å². The van der Waals surface area contributed by atoms with Crippen LogP contribution in [-0.2, 0) is 15.8 Å². The van der Waals surface area contributed by atoms with Crippen LogP contribution in [0.25, 0.3) is 11.2 Å². The quantitative estimate of drug-likeness (QED) is 0.593. The molecule has 1 aliphatic rings. The number of rotatable bonds is 3. The standard InChI is InChI=1S/C10H14N5O5P/c11-10-13-8-7(9(16)14-10)12-4-15(8)3-5-1-2-6(20-5)21(17,18)19/h4-6H,1-3H2,(H2,17,18,19)(H3,11,13,14,16)/p-1/t5-,6?/m0/s1. The van der Waals surface area contributed by atoms with Crippen LogP contribution < -0.4 is 16.2 Å². The van der Waals surface area contributed by atoms with E-state index in [1.165, 1.54) is 6.33 Å². The Morgan fingerprint density at radius 1 is 1.62 bits per heavy atom. The molecule has 0 spiro atoms. The topological polar surface area (TPSA) is 159 Å². The van der Waals surface area contributed by atoms with Crippen LogP contribution in [0.4, 0.5) is 5.95 Å². The molecule has 3 rings (SSSR count). The van der Waals surface area contributed by atoms with Gasteiger partial charge < -0.3 is 29.4 Å². The summed E-state index contributed by atoms with van der Waals surface area (Å²) in [6.45, 7) is 0.267. The summed E-state index contributed by atoms with van der Waals surface area (Å²) in [5.41, 5.74) is 5.50. The lowest BCUT2D eigenvalue weighted by molar-refractivity contribution is -0.204. The molecule has 10 nitrogen and oxygen atoms in total. The summed E-state index contributed by atoms with van der Waals surface area (Å²) in [5.74, 6) is -1.21. The number of anilines is 1. The van der Waals surface area contributed by atoms with Gasteiger partial charge in [0.05, 0.1) is 19.0 Å². The van der Waals surface area contributed by atoms with Crippen LogP contribution in [0.1, 0.15) is 12.8 Å². The van der Waals surface area contributed by atoms with Crippen molar-refractivity contribution >= 4 is 24.7 Å². The minimum atomic E-state index is -4.49. The van der Waals surface area contributed by atoms with Gasteiger partial charge in [0.2, 0.25) is 5.95 Å². The molecule has 0 aromatic carbocycles. The van der Waals surface area contributed by atoms with Crippen LogP contribution >= 0.6 is 7.60 Å². The van der Waals surface area contributed by atoms with E-state index in [1.54, 1.807) is 4.57 Å². The number of nitrogen functional groups attached to an aromatic ring is 1. The Balaban J connectivity index is 1.84. The van der Waals surface area contributed by atoms with Crippen LogP contribution in [0.3, 0.4) is 0 Å². The highest BCUT2D eigenvalue weighted by Crippen LogP contribution is 2.44. The lowest BCUT2D eigenvalue weighted by Crippen LogP contribution is -2.21. The normalized spacial score (nSPS) is 25.2. The predicted octanol–water partition coefficient (Wildman–Crippen LogP) is -1.25. The molecule has 3 atom stereocenters. The van der Waals surface area contributed by atoms with Gasteiger partial charge >= 0.3 is 0 Å². The summed E-state index contributed by atoms with van der Waals surface area (Å²) in [5, 5.41) is 0. The molecule has 2 unspecified atom stereocenters. The molecule has 114 valence electrons. The first kappa shape index (κ1) is 14.2. The molecule has 1 aliphatic heterocycles. The van der Waals surface area contributed by atoms with Crippen LogP contribution in [0.5, 0.6) is 0 Å². The van der Waals surface area contributed by atoms with Crippen molar-refractivity contribution in [1.82, 2.24) is 19.5 Å². The van der Waals surface area contributed by atoms with Crippen LogP contribution in [0, 0.1) is 0 Å². The van der Waals surface area contributed by atoms with Crippen molar-refractivity contribution in [1.29, 1.82) is 0 Å². The number of nitrogens with two attached hydrogens (primary N) is 1. The molecule has 0 radical (unpaired) electrons. The Labute approximate surface area is 118 Å². The van der Waals surface area contributed by atoms with E-state index >= 15 is 0 Å². The molecule has 0 amide bonds. The third kappa shape index (κ3) is 2.70. The molecule has 11 heteroatoms. The number of nitrogens with one attached hydrogen (secondary N) is 1. The fraction of sp³-hybridized carbons (Fsp3) is 0.500. The summed E-state index contributed by atoms with van der Waals surface area (Å²) in [7, 11) is -4.49. The van der Waals surface area contributed by atoms with E-state index in [0.29, 0.717) is 12.1 Å². The van der Waals surface area contributed by atoms with Gasteiger partial charge in [-0.2, -0.15) is 4.98 Å². The predicted molar refractivity (Wildman–Crippen MR) is 70.3 cm³/mol. The van der Waals surface area contributed by atoms with Gasteiger partial charge in [0, 0.05) is 0 Å². The van der Waals surface area contributed by atoms with Crippen LogP contribution in [0.15, 0.2) is 11.1 Å². The van der Waals surface area contributed by atoms with Gasteiger partial charge in [-0.1, -0.05) is 0 Å². The first-order valence-corrected chi connectivity index (χ1v) is 7.89. The van der Waals surface area contributed by atoms with Crippen molar-refractivity contribution in [2.24, 2.45) is 0 Å². The zero-order chi connectivity index (χ0) is 15.2. The van der Waals surface area contributed by atoms with Gasteiger partial charge in [0.15, 0.2) is 18.8 Å². The number of aromatic amines is 1. The second kappa shape index (κ2) is 4.92. The SMILES string of the molecule is Nc1nc2c(ncn2C[C@@H]2CCC(P(=O)([O-])O)O2)c(=O)[nH]1. The Morgan fingerprint density at radius 3 is 3.05 bits per heavy atom.